The molecule has 0 aromatic carbocycles. The summed E-state index contributed by atoms with van der Waals surface area (Å²) in [5.74, 6) is 2.59. The van der Waals surface area contributed by atoms with Gasteiger partial charge in [-0.3, -0.25) is 0 Å². The molecule has 2 aromatic heterocycles. The first-order chi connectivity index (χ1) is 22.1. The van der Waals surface area contributed by atoms with Crippen LogP contribution in [-0.2, 0) is 67.3 Å². The third-order valence-electron chi connectivity index (χ3n) is 5.42. The van der Waals surface area contributed by atoms with Crippen LogP contribution in [-0.4, -0.2) is 64.8 Å². The molecule has 30 heteroatoms. The van der Waals surface area contributed by atoms with E-state index in [1.54, 1.807) is 0 Å². The second-order valence-electron chi connectivity index (χ2n) is 9.39. The lowest BCUT2D eigenvalue weighted by Crippen LogP contribution is -2.38. The number of aryl methyl sites for hydroxylation is 4. The Kier molecular flexibility index (Phi) is 15.9. The quantitative estimate of drug-likeness (QED) is 0.237. The van der Waals surface area contributed by atoms with Crippen LogP contribution < -0.4 is 9.13 Å². The minimum absolute atomic E-state index is 0.778. The molecule has 0 N–H and O–H groups in total. The molecule has 2 rings (SSSR count). The Morgan fingerprint density at radius 3 is 0.920 bits per heavy atom. The molecule has 2 aromatic rings. The van der Waals surface area contributed by atoms with Crippen LogP contribution >= 0.6 is 0 Å². The number of hydrogen-bond acceptors (Lipinski definition) is 8. The summed E-state index contributed by atoms with van der Waals surface area (Å²) in [7, 11) is -22.6. The molecule has 0 bridgehead atoms. The van der Waals surface area contributed by atoms with E-state index in [4.69, 9.17) is 0 Å². The van der Waals surface area contributed by atoms with Crippen molar-refractivity contribution >= 4 is 40.1 Å². The predicted octanol–water partition coefficient (Wildman–Crippen LogP) is 4.32. The Bertz CT molecular complexity index is 1640. The maximum atomic E-state index is 11.4. The molecule has 0 atom stereocenters. The van der Waals surface area contributed by atoms with Gasteiger partial charge in [0.2, 0.25) is 0 Å². The van der Waals surface area contributed by atoms with Gasteiger partial charge in [0.25, 0.3) is 0 Å². The van der Waals surface area contributed by atoms with Crippen molar-refractivity contribution in [3.8, 4) is 11.6 Å². The second kappa shape index (κ2) is 16.8. The monoisotopic (exact) mass is 836 g/mol. The lowest BCUT2D eigenvalue weighted by atomic mass is 10.3. The lowest BCUT2D eigenvalue weighted by molar-refractivity contribution is -0.690. The van der Waals surface area contributed by atoms with E-state index in [2.05, 4.69) is 71.0 Å². The van der Waals surface area contributed by atoms with E-state index in [1.807, 2.05) is 0 Å². The Hall–Kier alpha value is -2.70. The molecule has 0 spiro atoms. The molecular weight excluding hydrogens is 808 g/mol. The van der Waals surface area contributed by atoms with Gasteiger partial charge in [-0.15, -0.1) is 0 Å². The van der Waals surface area contributed by atoms with Crippen molar-refractivity contribution in [2.45, 2.75) is 74.7 Å². The van der Waals surface area contributed by atoms with Crippen LogP contribution in [0.3, 0.4) is 0 Å². The van der Waals surface area contributed by atoms with Gasteiger partial charge in [-0.05, 0) is 12.8 Å². The average molecular weight is 837 g/mol. The Morgan fingerprint density at radius 2 is 0.740 bits per heavy atom. The van der Waals surface area contributed by atoms with E-state index in [0.29, 0.717) is 0 Å². The minimum Gasteiger partial charge on any atom is -0.421 e. The third kappa shape index (κ3) is 12.8. The molecule has 0 saturated carbocycles. The number of halogens is 12. The topological polar surface area (TPSA) is 182 Å². The number of imidazole rings is 2. The van der Waals surface area contributed by atoms with Gasteiger partial charge in [0, 0.05) is 0 Å². The van der Waals surface area contributed by atoms with Gasteiger partial charge < -0.3 is 8.25 Å². The van der Waals surface area contributed by atoms with Gasteiger partial charge in [-0.25, -0.2) is 51.9 Å². The highest BCUT2D eigenvalue weighted by Gasteiger charge is 2.48. The minimum atomic E-state index is -6.72. The second-order valence-corrected chi connectivity index (χ2v) is 16.2. The average Bonchev–Trinajstić information content (AvgIpc) is 3.43. The number of rotatable bonds is 11. The Morgan fingerprint density at radius 1 is 0.520 bits per heavy atom. The van der Waals surface area contributed by atoms with Crippen LogP contribution in [0.1, 0.15) is 39.5 Å². The molecule has 0 unspecified atom stereocenters. The fraction of sp³-hybridized carbons (Fsp3) is 0.700. The van der Waals surface area contributed by atoms with Crippen LogP contribution in [0.25, 0.3) is 19.9 Å². The van der Waals surface area contributed by atoms with Gasteiger partial charge in [-0.2, -0.15) is 52.7 Å². The van der Waals surface area contributed by atoms with E-state index in [9.17, 15) is 86.4 Å². The van der Waals surface area contributed by atoms with Crippen LogP contribution in [0.15, 0.2) is 24.8 Å². The zero-order valence-electron chi connectivity index (χ0n) is 25.7. The van der Waals surface area contributed by atoms with Crippen molar-refractivity contribution in [1.29, 1.82) is 0 Å². The van der Waals surface area contributed by atoms with E-state index in [-0.39, 0.29) is 0 Å². The largest absolute Gasteiger partial charge is 0.480 e. The van der Waals surface area contributed by atoms with E-state index in [0.717, 1.165) is 21.3 Å². The third-order valence-corrected chi connectivity index (χ3v) is 10.9. The van der Waals surface area contributed by atoms with Crippen LogP contribution in [0.4, 0.5) is 52.7 Å². The molecule has 0 aliphatic carbocycles. The van der Waals surface area contributed by atoms with Crippen molar-refractivity contribution in [2.75, 3.05) is 0 Å². The molecule has 50 heavy (non-hydrogen) atoms. The summed E-state index contributed by atoms with van der Waals surface area (Å²) in [6, 6.07) is 0. The van der Waals surface area contributed by atoms with E-state index >= 15 is 0 Å². The van der Waals surface area contributed by atoms with Crippen molar-refractivity contribution in [3.63, 3.8) is 0 Å². The Balaban J connectivity index is 0.000000735. The normalized spacial score (nSPS) is 13.7. The molecule has 0 aliphatic heterocycles. The van der Waals surface area contributed by atoms with Crippen LogP contribution in [0, 0.1) is 0 Å². The number of unbranched alkanes of at least 4 members (excludes halogenated alkanes) is 2. The van der Waals surface area contributed by atoms with Crippen LogP contribution in [0.5, 0.6) is 0 Å². The highest BCUT2D eigenvalue weighted by Crippen LogP contribution is 2.37. The Labute approximate surface area is 277 Å². The zero-order valence-corrected chi connectivity index (χ0v) is 28.9. The first-order valence-electron chi connectivity index (χ1n) is 12.9. The fourth-order valence-electron chi connectivity index (χ4n) is 3.07. The first-order valence-corrected chi connectivity index (χ1v) is 18.7. The standard InChI is InChI=1S/C16H28N4.2C2F6NO4S2/c1-5-7-9-19-13-11-17(3)15(19)16-18(4)12-14-20(16)10-8-6-2;2*3-1(4,5)14(10,11)9-15(12,13)2(6,7)8/h11-14H,5-10H2,1-4H3;;/q+2;2*-1. The molecule has 0 fully saturated rings. The SMILES string of the molecule is CCCCn1cc[n+](C)c1-c1n(CCCC)cc[n+]1C.O=S(=O)([N-]S(=O)(=O)C(F)(F)F)C(F)(F)F.O=S(=O)([N-]S(=O)(=O)C(F)(F)F)C(F)(F)F. The number of sulfonamides is 4. The molecule has 2 heterocycles. The lowest BCUT2D eigenvalue weighted by Gasteiger charge is -2.22. The number of aromatic nitrogens is 4. The summed E-state index contributed by atoms with van der Waals surface area (Å²) in [5.41, 5.74) is -24.8. The number of hydrogen-bond donors (Lipinski definition) is 0. The van der Waals surface area contributed by atoms with Crippen molar-refractivity contribution in [3.05, 3.63) is 33.0 Å². The van der Waals surface area contributed by atoms with Gasteiger partial charge in [-0.1, -0.05) is 26.7 Å². The van der Waals surface area contributed by atoms with Gasteiger partial charge in [0.1, 0.15) is 24.8 Å². The predicted molar refractivity (Wildman–Crippen MR) is 147 cm³/mol. The highest BCUT2D eigenvalue weighted by molar-refractivity contribution is 8.13. The zero-order chi connectivity index (χ0) is 39.9. The van der Waals surface area contributed by atoms with Crippen molar-refractivity contribution < 1.29 is 95.5 Å². The molecule has 294 valence electrons. The van der Waals surface area contributed by atoms with Gasteiger partial charge >= 0.3 is 33.7 Å². The molecular formula is C20H28F12N6O8S4. The smallest absolute Gasteiger partial charge is 0.421 e. The molecule has 0 radical (unpaired) electrons. The molecule has 0 amide bonds. The van der Waals surface area contributed by atoms with Crippen LogP contribution in [0.2, 0.25) is 0 Å². The van der Waals surface area contributed by atoms with Gasteiger partial charge in [0.05, 0.1) is 27.2 Å². The van der Waals surface area contributed by atoms with Crippen molar-refractivity contribution in [2.24, 2.45) is 14.1 Å². The maximum Gasteiger partial charge on any atom is 0.480 e. The number of alkyl halides is 12. The van der Waals surface area contributed by atoms with E-state index in [1.165, 1.54) is 37.3 Å². The summed E-state index contributed by atoms with van der Waals surface area (Å²) in [6.45, 7) is 6.66. The summed E-state index contributed by atoms with van der Waals surface area (Å²) >= 11 is 0. The summed E-state index contributed by atoms with van der Waals surface area (Å²) in [4.78, 5) is 0. The van der Waals surface area contributed by atoms with Gasteiger partial charge in [0.15, 0.2) is 40.1 Å². The molecule has 0 aliphatic rings. The fourth-order valence-corrected chi connectivity index (χ4v) is 6.49. The number of nitrogens with zero attached hydrogens (tertiary/aromatic N) is 6. The maximum absolute atomic E-state index is 11.4. The summed E-state index contributed by atoms with van der Waals surface area (Å²) < 4.78 is 228. The van der Waals surface area contributed by atoms with E-state index < -0.39 is 62.1 Å². The van der Waals surface area contributed by atoms with Crippen molar-refractivity contribution in [1.82, 2.24) is 9.13 Å². The highest BCUT2D eigenvalue weighted by atomic mass is 32.3. The molecule has 0 saturated heterocycles. The summed E-state index contributed by atoms with van der Waals surface area (Å²) in [5, 5.41) is 0. The summed E-state index contributed by atoms with van der Waals surface area (Å²) in [6.07, 6.45) is 13.6. The first kappa shape index (κ1) is 47.3. The molecule has 14 nitrogen and oxygen atoms in total.